The Hall–Kier alpha value is -0.540. The molecule has 1 unspecified atom stereocenters. The molecule has 1 aliphatic rings. The molecule has 1 aliphatic heterocycles. The maximum Gasteiger partial charge on any atom is 0.124 e. The average Bonchev–Trinajstić information content (AvgIpc) is 2.49. The second kappa shape index (κ2) is 3.68. The minimum atomic E-state index is 0.507. The Morgan fingerprint density at radius 2 is 2.46 bits per heavy atom. The van der Waals surface area contributed by atoms with Gasteiger partial charge in [-0.1, -0.05) is 22.0 Å². The third-order valence-corrected chi connectivity index (χ3v) is 2.80. The summed E-state index contributed by atoms with van der Waals surface area (Å²) < 4.78 is 6.65. The zero-order valence-corrected chi connectivity index (χ0v) is 9.10. The van der Waals surface area contributed by atoms with Gasteiger partial charge in [-0.05, 0) is 19.2 Å². The van der Waals surface area contributed by atoms with Gasteiger partial charge in [0.25, 0.3) is 0 Å². The molecule has 1 aromatic rings. The van der Waals surface area contributed by atoms with Crippen molar-refractivity contribution in [1.82, 2.24) is 5.32 Å². The third kappa shape index (κ3) is 1.71. The zero-order valence-electron chi connectivity index (χ0n) is 7.51. The van der Waals surface area contributed by atoms with E-state index in [0.29, 0.717) is 5.92 Å². The number of hydrogen-bond donors (Lipinski definition) is 1. The summed E-state index contributed by atoms with van der Waals surface area (Å²) in [5.41, 5.74) is 1.32. The lowest BCUT2D eigenvalue weighted by Crippen LogP contribution is -2.17. The van der Waals surface area contributed by atoms with Crippen LogP contribution < -0.4 is 10.1 Å². The quantitative estimate of drug-likeness (QED) is 0.857. The van der Waals surface area contributed by atoms with Crippen molar-refractivity contribution in [3.8, 4) is 5.75 Å². The summed E-state index contributed by atoms with van der Waals surface area (Å²) in [6.07, 6.45) is 0. The lowest BCUT2D eigenvalue weighted by molar-refractivity contribution is 0.328. The van der Waals surface area contributed by atoms with Crippen molar-refractivity contribution in [3.63, 3.8) is 0 Å². The van der Waals surface area contributed by atoms with Crippen molar-refractivity contribution >= 4 is 15.9 Å². The summed E-state index contributed by atoms with van der Waals surface area (Å²) in [5, 5.41) is 3.17. The fourth-order valence-corrected chi connectivity index (χ4v) is 2.01. The van der Waals surface area contributed by atoms with Gasteiger partial charge in [-0.3, -0.25) is 0 Å². The molecule has 1 heterocycles. The van der Waals surface area contributed by atoms with E-state index in [0.717, 1.165) is 23.4 Å². The predicted octanol–water partition coefficient (Wildman–Crippen LogP) is 2.14. The smallest absolute Gasteiger partial charge is 0.124 e. The topological polar surface area (TPSA) is 21.3 Å². The molecule has 2 rings (SSSR count). The van der Waals surface area contributed by atoms with Crippen molar-refractivity contribution in [3.05, 3.63) is 28.2 Å². The van der Waals surface area contributed by atoms with Crippen molar-refractivity contribution in [2.45, 2.75) is 5.92 Å². The van der Waals surface area contributed by atoms with Crippen LogP contribution in [0.15, 0.2) is 22.7 Å². The second-order valence-electron chi connectivity index (χ2n) is 3.25. The predicted molar refractivity (Wildman–Crippen MR) is 56.3 cm³/mol. The first-order chi connectivity index (χ1) is 6.31. The Kier molecular flexibility index (Phi) is 2.56. The summed E-state index contributed by atoms with van der Waals surface area (Å²) in [6.45, 7) is 1.78. The van der Waals surface area contributed by atoms with E-state index in [1.54, 1.807) is 0 Å². The van der Waals surface area contributed by atoms with Gasteiger partial charge < -0.3 is 10.1 Å². The molecule has 1 aromatic carbocycles. The Morgan fingerprint density at radius 3 is 3.23 bits per heavy atom. The van der Waals surface area contributed by atoms with Crippen molar-refractivity contribution in [1.29, 1.82) is 0 Å². The Balaban J connectivity index is 2.27. The summed E-state index contributed by atoms with van der Waals surface area (Å²) >= 11 is 3.43. The number of hydrogen-bond acceptors (Lipinski definition) is 2. The van der Waals surface area contributed by atoms with Gasteiger partial charge in [0.05, 0.1) is 6.61 Å². The van der Waals surface area contributed by atoms with E-state index in [-0.39, 0.29) is 0 Å². The molecule has 0 aromatic heterocycles. The molecule has 0 aliphatic carbocycles. The first-order valence-electron chi connectivity index (χ1n) is 4.38. The minimum Gasteiger partial charge on any atom is -0.493 e. The first-order valence-corrected chi connectivity index (χ1v) is 5.17. The van der Waals surface area contributed by atoms with E-state index in [2.05, 4.69) is 33.4 Å². The van der Waals surface area contributed by atoms with Crippen LogP contribution in [0.2, 0.25) is 0 Å². The van der Waals surface area contributed by atoms with Gasteiger partial charge >= 0.3 is 0 Å². The van der Waals surface area contributed by atoms with E-state index >= 15 is 0 Å². The van der Waals surface area contributed by atoms with Crippen LogP contribution in [0.1, 0.15) is 11.5 Å². The van der Waals surface area contributed by atoms with Gasteiger partial charge in [0.2, 0.25) is 0 Å². The van der Waals surface area contributed by atoms with Gasteiger partial charge in [-0.25, -0.2) is 0 Å². The Labute approximate surface area is 86.4 Å². The van der Waals surface area contributed by atoms with Crippen LogP contribution >= 0.6 is 15.9 Å². The molecule has 1 N–H and O–H groups in total. The molecule has 13 heavy (non-hydrogen) atoms. The average molecular weight is 242 g/mol. The van der Waals surface area contributed by atoms with Gasteiger partial charge in [0.15, 0.2) is 0 Å². The number of nitrogens with one attached hydrogen (secondary N) is 1. The molecule has 0 amide bonds. The van der Waals surface area contributed by atoms with E-state index in [1.165, 1.54) is 5.56 Å². The molecule has 0 spiro atoms. The highest BCUT2D eigenvalue weighted by molar-refractivity contribution is 9.10. The number of rotatable bonds is 2. The Morgan fingerprint density at radius 1 is 1.62 bits per heavy atom. The van der Waals surface area contributed by atoms with E-state index in [4.69, 9.17) is 4.74 Å². The van der Waals surface area contributed by atoms with Crippen LogP contribution in [-0.2, 0) is 0 Å². The van der Waals surface area contributed by atoms with Crippen LogP contribution in [0, 0.1) is 0 Å². The highest BCUT2D eigenvalue weighted by atomic mass is 79.9. The monoisotopic (exact) mass is 241 g/mol. The van der Waals surface area contributed by atoms with Gasteiger partial charge in [-0.15, -0.1) is 0 Å². The Bertz CT molecular complexity index is 314. The standard InChI is InChI=1S/C10H12BrNO/c1-12-5-7-6-13-10-4-8(11)2-3-9(7)10/h2-4,7,12H,5-6H2,1H3. The maximum absolute atomic E-state index is 5.57. The van der Waals surface area contributed by atoms with E-state index < -0.39 is 0 Å². The molecule has 3 heteroatoms. The molecular formula is C10H12BrNO. The van der Waals surface area contributed by atoms with Gasteiger partial charge in [0.1, 0.15) is 5.75 Å². The zero-order chi connectivity index (χ0) is 9.26. The maximum atomic E-state index is 5.57. The number of halogens is 1. The number of fused-ring (bicyclic) bond motifs is 1. The van der Waals surface area contributed by atoms with Crippen LogP contribution in [-0.4, -0.2) is 20.2 Å². The molecule has 0 saturated carbocycles. The van der Waals surface area contributed by atoms with Gasteiger partial charge in [0, 0.05) is 22.5 Å². The summed E-state index contributed by atoms with van der Waals surface area (Å²) in [4.78, 5) is 0. The van der Waals surface area contributed by atoms with Gasteiger partial charge in [-0.2, -0.15) is 0 Å². The second-order valence-corrected chi connectivity index (χ2v) is 4.16. The highest BCUT2D eigenvalue weighted by Crippen LogP contribution is 2.35. The molecule has 0 saturated heterocycles. The fraction of sp³-hybridized carbons (Fsp3) is 0.400. The lowest BCUT2D eigenvalue weighted by Gasteiger charge is -2.06. The number of ether oxygens (including phenoxy) is 1. The summed E-state index contributed by atoms with van der Waals surface area (Å²) in [6, 6.07) is 6.23. The van der Waals surface area contributed by atoms with Crippen LogP contribution in [0.4, 0.5) is 0 Å². The molecular weight excluding hydrogens is 230 g/mol. The number of likely N-dealkylation sites (N-methyl/N-ethyl adjacent to an activating group) is 1. The summed E-state index contributed by atoms with van der Waals surface area (Å²) in [5.74, 6) is 1.53. The van der Waals surface area contributed by atoms with E-state index in [1.807, 2.05) is 13.1 Å². The van der Waals surface area contributed by atoms with Crippen molar-refractivity contribution in [2.75, 3.05) is 20.2 Å². The molecule has 0 radical (unpaired) electrons. The summed E-state index contributed by atoms with van der Waals surface area (Å²) in [7, 11) is 1.97. The third-order valence-electron chi connectivity index (χ3n) is 2.31. The molecule has 0 bridgehead atoms. The molecule has 1 atom stereocenters. The van der Waals surface area contributed by atoms with Crippen LogP contribution in [0.5, 0.6) is 5.75 Å². The first kappa shape index (κ1) is 9.03. The molecule has 0 fully saturated rings. The normalized spacial score (nSPS) is 19.7. The number of benzene rings is 1. The van der Waals surface area contributed by atoms with E-state index in [9.17, 15) is 0 Å². The largest absolute Gasteiger partial charge is 0.493 e. The lowest BCUT2D eigenvalue weighted by atomic mass is 10.0. The fourth-order valence-electron chi connectivity index (χ4n) is 1.67. The van der Waals surface area contributed by atoms with Crippen LogP contribution in [0.25, 0.3) is 0 Å². The molecule has 2 nitrogen and oxygen atoms in total. The highest BCUT2D eigenvalue weighted by Gasteiger charge is 2.23. The van der Waals surface area contributed by atoms with Crippen molar-refractivity contribution < 1.29 is 4.74 Å². The molecule has 70 valence electrons. The van der Waals surface area contributed by atoms with Crippen molar-refractivity contribution in [2.24, 2.45) is 0 Å². The SMILES string of the molecule is CNCC1COc2cc(Br)ccc21. The minimum absolute atomic E-state index is 0.507. The van der Waals surface area contributed by atoms with Crippen LogP contribution in [0.3, 0.4) is 0 Å².